The number of aliphatic hydroxyl groups excluding tert-OH is 2. The van der Waals surface area contributed by atoms with Gasteiger partial charge in [0, 0.05) is 31.3 Å². The van der Waals surface area contributed by atoms with Crippen molar-refractivity contribution in [2.24, 2.45) is 0 Å². The number of anilines is 2. The molecule has 0 saturated heterocycles. The number of unbranched alkanes of at least 4 members (excludes halogenated alkanes) is 4. The lowest BCUT2D eigenvalue weighted by Crippen LogP contribution is -2.09. The van der Waals surface area contributed by atoms with Crippen molar-refractivity contribution in [3.05, 3.63) is 27.3 Å². The highest BCUT2D eigenvalue weighted by molar-refractivity contribution is 6.31. The molecule has 136 valence electrons. The topological polar surface area (TPSA) is 108 Å². The first-order chi connectivity index (χ1) is 11.6. The summed E-state index contributed by atoms with van der Waals surface area (Å²) in [6, 6.07) is 3.12. The first-order valence-electron chi connectivity index (χ1n) is 8.27. The third-order valence-electron chi connectivity index (χ3n) is 3.56. The Kier molecular flexibility index (Phi) is 10.1. The fraction of sp³-hybridized carbons (Fsp3) is 0.625. The van der Waals surface area contributed by atoms with Gasteiger partial charge in [-0.25, -0.2) is 0 Å². The number of nitrogens with one attached hydrogen (secondary N) is 2. The van der Waals surface area contributed by atoms with Gasteiger partial charge in [0.05, 0.1) is 4.92 Å². The van der Waals surface area contributed by atoms with Gasteiger partial charge in [-0.1, -0.05) is 11.6 Å². The van der Waals surface area contributed by atoms with Crippen LogP contribution in [0, 0.1) is 10.1 Å². The average Bonchev–Trinajstić information content (AvgIpc) is 2.53. The molecule has 0 heterocycles. The summed E-state index contributed by atoms with van der Waals surface area (Å²) < 4.78 is 0. The first-order valence-corrected chi connectivity index (χ1v) is 8.65. The van der Waals surface area contributed by atoms with Gasteiger partial charge in [-0.2, -0.15) is 0 Å². The molecule has 0 fully saturated rings. The second-order valence-corrected chi connectivity index (χ2v) is 5.97. The Morgan fingerprint density at radius 3 is 1.75 bits per heavy atom. The Balaban J connectivity index is 2.73. The number of aliphatic hydroxyl groups is 2. The zero-order valence-electron chi connectivity index (χ0n) is 13.8. The lowest BCUT2D eigenvalue weighted by Gasteiger charge is -2.12. The molecule has 0 aliphatic rings. The van der Waals surface area contributed by atoms with E-state index in [2.05, 4.69) is 10.6 Å². The van der Waals surface area contributed by atoms with Gasteiger partial charge in [0.2, 0.25) is 0 Å². The van der Waals surface area contributed by atoms with E-state index in [1.807, 2.05) is 0 Å². The van der Waals surface area contributed by atoms with E-state index in [1.54, 1.807) is 12.1 Å². The third-order valence-corrected chi connectivity index (χ3v) is 3.78. The quantitative estimate of drug-likeness (QED) is 0.244. The van der Waals surface area contributed by atoms with E-state index in [9.17, 15) is 10.1 Å². The second-order valence-electron chi connectivity index (χ2n) is 5.53. The summed E-state index contributed by atoms with van der Waals surface area (Å²) in [7, 11) is 0. The largest absolute Gasteiger partial charge is 0.396 e. The van der Waals surface area contributed by atoms with Crippen LogP contribution in [0.1, 0.15) is 38.5 Å². The summed E-state index contributed by atoms with van der Waals surface area (Å²) in [6.45, 7) is 1.47. The minimum atomic E-state index is -0.414. The zero-order chi connectivity index (χ0) is 17.8. The Bertz CT molecular complexity index is 479. The molecule has 24 heavy (non-hydrogen) atoms. The van der Waals surface area contributed by atoms with E-state index in [-0.39, 0.29) is 18.9 Å². The van der Waals surface area contributed by atoms with Crippen LogP contribution in [0.25, 0.3) is 0 Å². The summed E-state index contributed by atoms with van der Waals surface area (Å²) in [5.41, 5.74) is 0.785. The highest BCUT2D eigenvalue weighted by Gasteiger charge is 2.20. The van der Waals surface area contributed by atoms with Gasteiger partial charge in [0.15, 0.2) is 0 Å². The summed E-state index contributed by atoms with van der Waals surface area (Å²) in [4.78, 5) is 11.0. The van der Waals surface area contributed by atoms with E-state index in [0.29, 0.717) is 29.5 Å². The SMILES string of the molecule is O=[N+]([O-])c1c(NCCCCCO)cc(Cl)cc1NCCCCCO. The molecule has 0 aliphatic carbocycles. The maximum absolute atomic E-state index is 11.4. The van der Waals surface area contributed by atoms with Crippen LogP contribution < -0.4 is 10.6 Å². The average molecular weight is 360 g/mol. The Morgan fingerprint density at radius 2 is 1.38 bits per heavy atom. The molecule has 0 spiro atoms. The fourth-order valence-electron chi connectivity index (χ4n) is 2.34. The third kappa shape index (κ3) is 7.33. The van der Waals surface area contributed by atoms with Crippen LogP contribution in [0.5, 0.6) is 0 Å². The normalized spacial score (nSPS) is 10.6. The molecule has 0 aliphatic heterocycles. The maximum atomic E-state index is 11.4. The number of nitro groups is 1. The van der Waals surface area contributed by atoms with Crippen LogP contribution in [0.15, 0.2) is 12.1 Å². The van der Waals surface area contributed by atoms with Crippen molar-refractivity contribution in [1.82, 2.24) is 0 Å². The van der Waals surface area contributed by atoms with Gasteiger partial charge in [0.25, 0.3) is 0 Å². The second kappa shape index (κ2) is 11.9. The van der Waals surface area contributed by atoms with E-state index in [4.69, 9.17) is 21.8 Å². The van der Waals surface area contributed by atoms with Gasteiger partial charge in [-0.15, -0.1) is 0 Å². The summed E-state index contributed by atoms with van der Waals surface area (Å²) in [6.07, 6.45) is 4.78. The highest BCUT2D eigenvalue weighted by Crippen LogP contribution is 2.36. The van der Waals surface area contributed by atoms with Crippen LogP contribution >= 0.6 is 11.6 Å². The number of halogens is 1. The van der Waals surface area contributed by atoms with Crippen LogP contribution in [0.2, 0.25) is 5.02 Å². The maximum Gasteiger partial charge on any atom is 0.315 e. The minimum Gasteiger partial charge on any atom is -0.396 e. The number of nitrogens with zero attached hydrogens (tertiary/aromatic N) is 1. The molecule has 0 aromatic heterocycles. The van der Waals surface area contributed by atoms with E-state index < -0.39 is 4.92 Å². The standard InChI is InChI=1S/C16H26ClN3O4/c17-13-11-14(18-7-3-1-5-9-21)16(20(23)24)15(12-13)19-8-4-2-6-10-22/h11-12,18-19,21-22H,1-10H2. The lowest BCUT2D eigenvalue weighted by molar-refractivity contribution is -0.383. The smallest absolute Gasteiger partial charge is 0.315 e. The van der Waals surface area contributed by atoms with Gasteiger partial charge >= 0.3 is 5.69 Å². The van der Waals surface area contributed by atoms with Crippen LogP contribution in [-0.4, -0.2) is 41.4 Å². The Hall–Kier alpha value is -1.57. The van der Waals surface area contributed by atoms with Gasteiger partial charge in [-0.05, 0) is 50.7 Å². The number of hydrogen-bond donors (Lipinski definition) is 4. The molecule has 8 heteroatoms. The molecule has 0 atom stereocenters. The molecule has 0 bridgehead atoms. The molecule has 7 nitrogen and oxygen atoms in total. The van der Waals surface area contributed by atoms with Gasteiger partial charge < -0.3 is 20.8 Å². The van der Waals surface area contributed by atoms with Crippen LogP contribution in [0.3, 0.4) is 0 Å². The first kappa shape index (κ1) is 20.5. The van der Waals surface area contributed by atoms with Crippen molar-refractivity contribution in [1.29, 1.82) is 0 Å². The highest BCUT2D eigenvalue weighted by atomic mass is 35.5. The molecule has 1 aromatic rings. The molecule has 4 N–H and O–H groups in total. The molecule has 0 radical (unpaired) electrons. The Morgan fingerprint density at radius 1 is 0.917 bits per heavy atom. The molecule has 0 unspecified atom stereocenters. The van der Waals surface area contributed by atoms with E-state index >= 15 is 0 Å². The summed E-state index contributed by atoms with van der Waals surface area (Å²) in [5, 5.41) is 35.5. The van der Waals surface area contributed by atoms with Crippen molar-refractivity contribution in [3.63, 3.8) is 0 Å². The van der Waals surface area contributed by atoms with Crippen LogP contribution in [-0.2, 0) is 0 Å². The molecule has 0 saturated carbocycles. The predicted molar refractivity (Wildman–Crippen MR) is 97.0 cm³/mol. The van der Waals surface area contributed by atoms with Crippen molar-refractivity contribution in [3.8, 4) is 0 Å². The van der Waals surface area contributed by atoms with Crippen molar-refractivity contribution in [2.45, 2.75) is 38.5 Å². The lowest BCUT2D eigenvalue weighted by atomic mass is 10.2. The fourth-order valence-corrected chi connectivity index (χ4v) is 2.56. The summed E-state index contributed by atoms with van der Waals surface area (Å²) >= 11 is 6.08. The minimum absolute atomic E-state index is 0.0104. The van der Waals surface area contributed by atoms with Crippen LogP contribution in [0.4, 0.5) is 17.1 Å². The summed E-state index contributed by atoms with van der Waals surface area (Å²) in [5.74, 6) is 0. The molecule has 1 rings (SSSR count). The molecule has 0 amide bonds. The van der Waals surface area contributed by atoms with Crippen molar-refractivity contribution in [2.75, 3.05) is 36.9 Å². The number of rotatable bonds is 13. The monoisotopic (exact) mass is 359 g/mol. The van der Waals surface area contributed by atoms with E-state index in [1.165, 1.54) is 0 Å². The van der Waals surface area contributed by atoms with E-state index in [0.717, 1.165) is 38.5 Å². The zero-order valence-corrected chi connectivity index (χ0v) is 14.5. The molecular weight excluding hydrogens is 334 g/mol. The molecule has 1 aromatic carbocycles. The van der Waals surface area contributed by atoms with Gasteiger partial charge in [-0.3, -0.25) is 10.1 Å². The number of benzene rings is 1. The van der Waals surface area contributed by atoms with Gasteiger partial charge in [0.1, 0.15) is 11.4 Å². The van der Waals surface area contributed by atoms with Crippen molar-refractivity contribution < 1.29 is 15.1 Å². The number of nitro benzene ring substituents is 1. The Labute approximate surface area is 147 Å². The number of hydrogen-bond acceptors (Lipinski definition) is 6. The van der Waals surface area contributed by atoms with Crippen molar-refractivity contribution >= 4 is 28.7 Å². The predicted octanol–water partition coefficient (Wildman–Crippen LogP) is 3.40. The molecular formula is C16H26ClN3O4.